The third kappa shape index (κ3) is 5.94. The molecule has 0 unspecified atom stereocenters. The van der Waals surface area contributed by atoms with Crippen LogP contribution in [0.1, 0.15) is 19.4 Å². The highest BCUT2D eigenvalue weighted by Gasteiger charge is 2.58. The Labute approximate surface area is 233 Å². The predicted octanol–water partition coefficient (Wildman–Crippen LogP) is -0.182. The molecule has 0 radical (unpaired) electrons. The Morgan fingerprint density at radius 3 is 2.33 bits per heavy atom. The Morgan fingerprint density at radius 1 is 1.10 bits per heavy atom. The molecule has 13 heteroatoms. The number of urea groups is 1. The molecule has 3 heterocycles. The number of nitrogens with zero attached hydrogens (tertiary/aromatic N) is 5. The van der Waals surface area contributed by atoms with Crippen molar-refractivity contribution in [2.45, 2.75) is 38.0 Å². The first-order valence-electron chi connectivity index (χ1n) is 13.0. The molecule has 1 aromatic heterocycles. The van der Waals surface area contributed by atoms with E-state index in [9.17, 15) is 19.5 Å². The van der Waals surface area contributed by atoms with Crippen molar-refractivity contribution >= 4 is 30.2 Å². The Balaban J connectivity index is 0.00000353. The van der Waals surface area contributed by atoms with Gasteiger partial charge in [0, 0.05) is 57.5 Å². The van der Waals surface area contributed by atoms with Gasteiger partial charge in [-0.05, 0) is 49.4 Å². The number of likely N-dealkylation sites (tertiary alicyclic amines) is 1. The van der Waals surface area contributed by atoms with Crippen LogP contribution >= 0.6 is 12.4 Å². The molecule has 3 fully saturated rings. The van der Waals surface area contributed by atoms with Gasteiger partial charge in [0.25, 0.3) is 0 Å². The lowest BCUT2D eigenvalue weighted by Gasteiger charge is -2.37. The number of anilines is 1. The van der Waals surface area contributed by atoms with E-state index in [0.29, 0.717) is 43.7 Å². The molecule has 1 aromatic carbocycles. The van der Waals surface area contributed by atoms with Crippen LogP contribution in [0.5, 0.6) is 0 Å². The summed E-state index contributed by atoms with van der Waals surface area (Å²) in [6.07, 6.45) is 1.58. The number of amides is 3. The predicted molar refractivity (Wildman–Crippen MR) is 149 cm³/mol. The zero-order chi connectivity index (χ0) is 27.2. The van der Waals surface area contributed by atoms with Crippen molar-refractivity contribution in [3.8, 4) is 5.69 Å². The number of aromatic nitrogens is 2. The minimum atomic E-state index is -0.954. The van der Waals surface area contributed by atoms with E-state index in [4.69, 9.17) is 11.5 Å². The molecular formula is C26H37ClN8O4. The van der Waals surface area contributed by atoms with Gasteiger partial charge < -0.3 is 26.4 Å². The third-order valence-corrected chi connectivity index (χ3v) is 7.88. The minimum absolute atomic E-state index is 0. The molecule has 0 bridgehead atoms. The Morgan fingerprint density at radius 2 is 1.74 bits per heavy atom. The molecule has 12 nitrogen and oxygen atoms in total. The average Bonchev–Trinajstić information content (AvgIpc) is 3.35. The first kappa shape index (κ1) is 29.0. The van der Waals surface area contributed by atoms with E-state index in [1.54, 1.807) is 35.9 Å². The van der Waals surface area contributed by atoms with Crippen LogP contribution in [-0.2, 0) is 11.3 Å². The number of halogens is 1. The first-order valence-corrected chi connectivity index (χ1v) is 13.0. The van der Waals surface area contributed by atoms with Crippen LogP contribution in [0, 0.1) is 11.8 Å². The van der Waals surface area contributed by atoms with E-state index in [1.165, 1.54) is 4.57 Å². The molecule has 4 atom stereocenters. The standard InChI is InChI=1S/C26H36N8O4.ClH/c1-26(2,28)23(36)31-9-11-32(12-10-31)24(37)29-20-7-8-34(25(38)30-20)17-5-3-16(4-6-17)13-33-14-18-21(22(18)27)19(33)15-35;/h3-8,18-19,21-22,35H,9-15,27-28H2,1-2H3,(H,29,30,37,38);1H/t18-,19+,21-,22+;/m0./s1. The fourth-order valence-corrected chi connectivity index (χ4v) is 5.66. The normalized spacial score (nSPS) is 24.6. The summed E-state index contributed by atoms with van der Waals surface area (Å²) in [4.78, 5) is 47.3. The number of benzene rings is 1. The van der Waals surface area contributed by atoms with E-state index < -0.39 is 11.2 Å². The second-order valence-electron chi connectivity index (χ2n) is 11.1. The van der Waals surface area contributed by atoms with Crippen molar-refractivity contribution in [2.75, 3.05) is 44.6 Å². The maximum Gasteiger partial charge on any atom is 0.354 e. The van der Waals surface area contributed by atoms with Crippen LogP contribution in [0.15, 0.2) is 41.3 Å². The molecule has 1 saturated carbocycles. The summed E-state index contributed by atoms with van der Waals surface area (Å²) in [6, 6.07) is 9.16. The van der Waals surface area contributed by atoms with E-state index in [0.717, 1.165) is 18.7 Å². The molecule has 3 aliphatic rings. The lowest BCUT2D eigenvalue weighted by Crippen LogP contribution is -2.58. The summed E-state index contributed by atoms with van der Waals surface area (Å²) in [5.41, 5.74) is 12.3. The number of piperazine rings is 1. The van der Waals surface area contributed by atoms with Crippen LogP contribution in [0.4, 0.5) is 10.6 Å². The van der Waals surface area contributed by atoms with E-state index in [-0.39, 0.29) is 48.9 Å². The molecular weight excluding hydrogens is 524 g/mol. The lowest BCUT2D eigenvalue weighted by atomic mass is 10.1. The smallest absolute Gasteiger partial charge is 0.354 e. The zero-order valence-corrected chi connectivity index (χ0v) is 23.0. The number of rotatable bonds is 6. The summed E-state index contributed by atoms with van der Waals surface area (Å²) < 4.78 is 1.42. The maximum atomic E-state index is 12.7. The van der Waals surface area contributed by atoms with Gasteiger partial charge in [-0.1, -0.05) is 12.1 Å². The monoisotopic (exact) mass is 560 g/mol. The average molecular weight is 561 g/mol. The number of aliphatic hydroxyl groups excluding tert-OH is 1. The van der Waals surface area contributed by atoms with Gasteiger partial charge in [-0.15, -0.1) is 12.4 Å². The highest BCUT2D eigenvalue weighted by Crippen LogP contribution is 2.48. The van der Waals surface area contributed by atoms with Crippen LogP contribution in [0.2, 0.25) is 0 Å². The van der Waals surface area contributed by atoms with Crippen LogP contribution < -0.4 is 22.5 Å². The second kappa shape index (κ2) is 11.2. The summed E-state index contributed by atoms with van der Waals surface area (Å²) in [7, 11) is 0. The number of hydrogen-bond acceptors (Lipinski definition) is 8. The topological polar surface area (TPSA) is 163 Å². The number of carbonyl (C=O) groups excluding carboxylic acids is 2. The van der Waals surface area contributed by atoms with Crippen molar-refractivity contribution in [3.05, 3.63) is 52.6 Å². The fraction of sp³-hybridized carbons (Fsp3) is 0.538. The van der Waals surface area contributed by atoms with Gasteiger partial charge in [-0.3, -0.25) is 19.6 Å². The van der Waals surface area contributed by atoms with Crippen molar-refractivity contribution in [1.82, 2.24) is 24.3 Å². The van der Waals surface area contributed by atoms with Crippen LogP contribution in [0.25, 0.3) is 5.69 Å². The van der Waals surface area contributed by atoms with E-state index in [2.05, 4.69) is 15.2 Å². The van der Waals surface area contributed by atoms with Gasteiger partial charge >= 0.3 is 11.7 Å². The van der Waals surface area contributed by atoms with Crippen molar-refractivity contribution in [1.29, 1.82) is 0 Å². The highest BCUT2D eigenvalue weighted by atomic mass is 35.5. The largest absolute Gasteiger partial charge is 0.395 e. The molecule has 1 aliphatic carbocycles. The Hall–Kier alpha value is -3.03. The van der Waals surface area contributed by atoms with Crippen molar-refractivity contribution in [2.24, 2.45) is 23.3 Å². The molecule has 6 N–H and O–H groups in total. The summed E-state index contributed by atoms with van der Waals surface area (Å²) >= 11 is 0. The summed E-state index contributed by atoms with van der Waals surface area (Å²) in [5.74, 6) is 0.880. The van der Waals surface area contributed by atoms with Gasteiger partial charge in [0.05, 0.1) is 17.8 Å². The van der Waals surface area contributed by atoms with Gasteiger partial charge in [0.2, 0.25) is 5.91 Å². The molecule has 0 spiro atoms. The van der Waals surface area contributed by atoms with Gasteiger partial charge in [0.15, 0.2) is 0 Å². The number of fused-ring (bicyclic) bond motifs is 1. The summed E-state index contributed by atoms with van der Waals surface area (Å²) in [6.45, 7) is 6.57. The Kier molecular flexibility index (Phi) is 8.33. The number of carbonyl (C=O) groups is 2. The van der Waals surface area contributed by atoms with Gasteiger partial charge in [0.1, 0.15) is 5.82 Å². The molecule has 3 amide bonds. The number of aliphatic hydroxyl groups is 1. The van der Waals surface area contributed by atoms with Crippen LogP contribution in [0.3, 0.4) is 0 Å². The van der Waals surface area contributed by atoms with Crippen LogP contribution in [-0.4, -0.2) is 98.2 Å². The van der Waals surface area contributed by atoms with E-state index >= 15 is 0 Å². The van der Waals surface area contributed by atoms with Crippen molar-refractivity contribution < 1.29 is 14.7 Å². The quantitative estimate of drug-likeness (QED) is 0.378. The van der Waals surface area contributed by atoms with Crippen molar-refractivity contribution in [3.63, 3.8) is 0 Å². The molecule has 2 saturated heterocycles. The molecule has 39 heavy (non-hydrogen) atoms. The second-order valence-corrected chi connectivity index (χ2v) is 11.1. The first-order chi connectivity index (χ1) is 18.1. The number of piperidine rings is 1. The molecule has 2 aromatic rings. The molecule has 2 aliphatic heterocycles. The number of nitrogens with two attached hydrogens (primary N) is 2. The Bertz CT molecular complexity index is 1260. The fourth-order valence-electron chi connectivity index (χ4n) is 5.66. The van der Waals surface area contributed by atoms with Gasteiger partial charge in [-0.2, -0.15) is 4.98 Å². The molecule has 5 rings (SSSR count). The maximum absolute atomic E-state index is 12.7. The molecule has 212 valence electrons. The third-order valence-electron chi connectivity index (χ3n) is 7.88. The summed E-state index contributed by atoms with van der Waals surface area (Å²) in [5, 5.41) is 12.4. The highest BCUT2D eigenvalue weighted by molar-refractivity contribution is 5.89. The number of nitrogens with one attached hydrogen (secondary N) is 1. The lowest BCUT2D eigenvalue weighted by molar-refractivity contribution is -0.137. The SMILES string of the molecule is CC(C)(N)C(=O)N1CCN(C(=O)Nc2ccn(-c3ccc(CN4C[C@@H]5[C@@H](N)[C@@H]5[C@H]4CO)cc3)c(=O)n2)CC1.Cl. The van der Waals surface area contributed by atoms with Gasteiger partial charge in [-0.25, -0.2) is 9.59 Å². The zero-order valence-electron chi connectivity index (χ0n) is 22.2. The van der Waals surface area contributed by atoms with E-state index in [1.807, 2.05) is 24.3 Å². The number of hydrogen-bond donors (Lipinski definition) is 4. The minimum Gasteiger partial charge on any atom is -0.395 e.